The smallest absolute Gasteiger partial charge is 0.257 e. The highest BCUT2D eigenvalue weighted by atomic mass is 79.9. The zero-order chi connectivity index (χ0) is 26.9. The standard InChI is InChI=1S/C24H16BrCl5F2N2O2/c1-10(31)17(25)9-19(11(2)32)34-22(35)16-8-15(3-4-18(16)28)33-23(36)21-20(24(21,29)30)12-5-13(26)7-14(27)6-12/h3-9,20-21H,2H2,1H3,(H,33,36)(H,34,35)/b17-10-,19-9+. The predicted octanol–water partition coefficient (Wildman–Crippen LogP) is 8.87. The van der Waals surface area contributed by atoms with Gasteiger partial charge < -0.3 is 10.6 Å². The first-order valence-electron chi connectivity index (χ1n) is 10.1. The summed E-state index contributed by atoms with van der Waals surface area (Å²) in [6, 6.07) is 8.91. The van der Waals surface area contributed by atoms with Crippen molar-refractivity contribution in [1.29, 1.82) is 0 Å². The fraction of sp³-hybridized carbons (Fsp3) is 0.167. The minimum atomic E-state index is -1.40. The fourth-order valence-electron chi connectivity index (χ4n) is 3.42. The van der Waals surface area contributed by atoms with Gasteiger partial charge in [0.2, 0.25) is 5.91 Å². The molecule has 0 saturated heterocycles. The Labute approximate surface area is 239 Å². The molecule has 3 rings (SSSR count). The third kappa shape index (κ3) is 6.63. The Morgan fingerprint density at radius 2 is 1.69 bits per heavy atom. The summed E-state index contributed by atoms with van der Waals surface area (Å²) >= 11 is 33.9. The highest BCUT2D eigenvalue weighted by Gasteiger charge is 2.67. The Kier molecular flexibility index (Phi) is 9.18. The Bertz CT molecular complexity index is 1310. The first-order valence-corrected chi connectivity index (χ1v) is 12.7. The zero-order valence-electron chi connectivity index (χ0n) is 18.2. The molecule has 2 unspecified atom stereocenters. The number of anilines is 1. The van der Waals surface area contributed by atoms with Gasteiger partial charge in [-0.15, -0.1) is 23.2 Å². The number of allylic oxidation sites excluding steroid dienone is 4. The van der Waals surface area contributed by atoms with Gasteiger partial charge >= 0.3 is 0 Å². The molecule has 0 bridgehead atoms. The number of alkyl halides is 2. The third-order valence-corrected chi connectivity index (χ3v) is 7.68. The lowest BCUT2D eigenvalue weighted by Crippen LogP contribution is -2.24. The average Bonchev–Trinajstić information content (AvgIpc) is 3.35. The van der Waals surface area contributed by atoms with Crippen LogP contribution in [0.1, 0.15) is 28.8 Å². The molecular formula is C24H16BrCl5F2N2O2. The summed E-state index contributed by atoms with van der Waals surface area (Å²) in [7, 11) is 0. The number of benzene rings is 2. The molecule has 12 heteroatoms. The van der Waals surface area contributed by atoms with E-state index in [9.17, 15) is 18.4 Å². The van der Waals surface area contributed by atoms with Crippen LogP contribution in [0, 0.1) is 5.92 Å². The molecule has 0 radical (unpaired) electrons. The molecule has 4 nitrogen and oxygen atoms in total. The number of carbonyl (C=O) groups is 2. The van der Waals surface area contributed by atoms with Gasteiger partial charge in [-0.25, -0.2) is 8.78 Å². The van der Waals surface area contributed by atoms with E-state index in [2.05, 4.69) is 33.1 Å². The molecular weight excluding hydrogens is 643 g/mol. The molecule has 0 heterocycles. The van der Waals surface area contributed by atoms with Crippen LogP contribution in [0.15, 0.2) is 70.9 Å². The van der Waals surface area contributed by atoms with Gasteiger partial charge in [-0.05, 0) is 70.9 Å². The summed E-state index contributed by atoms with van der Waals surface area (Å²) in [6.07, 6.45) is 1.02. The summed E-state index contributed by atoms with van der Waals surface area (Å²) in [5, 5.41) is 5.69. The number of nitrogens with one attached hydrogen (secondary N) is 2. The number of halogens is 8. The maximum Gasteiger partial charge on any atom is 0.257 e. The third-order valence-electron chi connectivity index (χ3n) is 5.20. The highest BCUT2D eigenvalue weighted by Crippen LogP contribution is 2.65. The highest BCUT2D eigenvalue weighted by molar-refractivity contribution is 9.11. The molecule has 0 aliphatic heterocycles. The van der Waals surface area contributed by atoms with Crippen LogP contribution in [0.3, 0.4) is 0 Å². The topological polar surface area (TPSA) is 58.2 Å². The lowest BCUT2D eigenvalue weighted by atomic mass is 10.1. The zero-order valence-corrected chi connectivity index (χ0v) is 23.6. The first-order chi connectivity index (χ1) is 16.7. The maximum absolute atomic E-state index is 13.8. The van der Waals surface area contributed by atoms with Crippen molar-refractivity contribution in [3.63, 3.8) is 0 Å². The van der Waals surface area contributed by atoms with Gasteiger partial charge in [0, 0.05) is 21.7 Å². The lowest BCUT2D eigenvalue weighted by Gasteiger charge is -2.11. The maximum atomic E-state index is 13.8. The van der Waals surface area contributed by atoms with Crippen LogP contribution in [0.5, 0.6) is 0 Å². The second-order valence-electron chi connectivity index (χ2n) is 7.81. The summed E-state index contributed by atoms with van der Waals surface area (Å²) in [5.41, 5.74) is 0.335. The van der Waals surface area contributed by atoms with E-state index in [1.807, 2.05) is 0 Å². The molecule has 2 aromatic carbocycles. The van der Waals surface area contributed by atoms with Crippen molar-refractivity contribution in [2.24, 2.45) is 5.92 Å². The predicted molar refractivity (Wildman–Crippen MR) is 146 cm³/mol. The Hall–Kier alpha value is -1.61. The summed E-state index contributed by atoms with van der Waals surface area (Å²) in [4.78, 5) is 25.7. The molecule has 2 amide bonds. The van der Waals surface area contributed by atoms with Crippen LogP contribution >= 0.6 is 73.9 Å². The van der Waals surface area contributed by atoms with Gasteiger partial charge in [0.25, 0.3) is 5.91 Å². The normalized spacial score (nSPS) is 19.3. The van der Waals surface area contributed by atoms with E-state index in [0.717, 1.165) is 13.0 Å². The summed E-state index contributed by atoms with van der Waals surface area (Å²) in [5.74, 6) is -4.39. The van der Waals surface area contributed by atoms with Gasteiger partial charge in [-0.2, -0.15) is 0 Å². The molecule has 0 spiro atoms. The van der Waals surface area contributed by atoms with E-state index in [1.54, 1.807) is 18.2 Å². The van der Waals surface area contributed by atoms with Crippen LogP contribution in [-0.4, -0.2) is 16.1 Å². The number of amides is 2. The van der Waals surface area contributed by atoms with Gasteiger partial charge in [-0.3, -0.25) is 9.59 Å². The number of hydrogen-bond donors (Lipinski definition) is 2. The van der Waals surface area contributed by atoms with Crippen LogP contribution in [0.4, 0.5) is 14.5 Å². The minimum absolute atomic E-state index is 0.0208. The van der Waals surface area contributed by atoms with Crippen LogP contribution in [0.25, 0.3) is 0 Å². The molecule has 1 aliphatic rings. The van der Waals surface area contributed by atoms with Gasteiger partial charge in [0.1, 0.15) is 16.0 Å². The second-order valence-corrected chi connectivity index (χ2v) is 11.4. The first kappa shape index (κ1) is 29.0. The van der Waals surface area contributed by atoms with E-state index in [1.165, 1.54) is 18.2 Å². The average molecular weight is 660 g/mol. The molecule has 2 atom stereocenters. The lowest BCUT2D eigenvalue weighted by molar-refractivity contribution is -0.117. The molecule has 1 fully saturated rings. The van der Waals surface area contributed by atoms with E-state index >= 15 is 0 Å². The Balaban J connectivity index is 1.81. The molecule has 1 aliphatic carbocycles. The number of rotatable bonds is 7. The van der Waals surface area contributed by atoms with Crippen LogP contribution < -0.4 is 10.6 Å². The van der Waals surface area contributed by atoms with E-state index in [-0.39, 0.29) is 26.5 Å². The largest absolute Gasteiger partial charge is 0.326 e. The quantitative estimate of drug-likeness (QED) is 0.231. The summed E-state index contributed by atoms with van der Waals surface area (Å²) < 4.78 is 25.7. The molecule has 0 aromatic heterocycles. The molecule has 2 N–H and O–H groups in total. The second kappa shape index (κ2) is 11.4. The van der Waals surface area contributed by atoms with Crippen molar-refractivity contribution < 1.29 is 18.4 Å². The van der Waals surface area contributed by atoms with Crippen molar-refractivity contribution in [3.05, 3.63) is 97.1 Å². The monoisotopic (exact) mass is 656 g/mol. The number of hydrogen-bond acceptors (Lipinski definition) is 2. The summed E-state index contributed by atoms with van der Waals surface area (Å²) in [6.45, 7) is 4.27. The number of carbonyl (C=O) groups excluding carboxylic acids is 2. The van der Waals surface area contributed by atoms with Gasteiger partial charge in [0.05, 0.1) is 26.7 Å². The molecule has 2 aromatic rings. The van der Waals surface area contributed by atoms with Crippen molar-refractivity contribution in [2.45, 2.75) is 17.2 Å². The molecule has 1 saturated carbocycles. The van der Waals surface area contributed by atoms with Crippen molar-refractivity contribution in [3.8, 4) is 0 Å². The van der Waals surface area contributed by atoms with E-state index < -0.39 is 39.6 Å². The minimum Gasteiger partial charge on any atom is -0.326 e. The fourth-order valence-corrected chi connectivity index (χ4v) is 5.22. The van der Waals surface area contributed by atoms with E-state index in [0.29, 0.717) is 15.6 Å². The van der Waals surface area contributed by atoms with Crippen LogP contribution in [-0.2, 0) is 4.79 Å². The SMILES string of the molecule is C=C(F)/C(=C\C(Br)=C(/C)F)NC(=O)c1cc(NC(=O)C2C(c3cc(Cl)cc(Cl)c3)C2(Cl)Cl)ccc1Cl. The molecule has 190 valence electrons. The Morgan fingerprint density at radius 3 is 2.25 bits per heavy atom. The van der Waals surface area contributed by atoms with Crippen molar-refractivity contribution >= 4 is 91.4 Å². The van der Waals surface area contributed by atoms with Crippen molar-refractivity contribution in [2.75, 3.05) is 5.32 Å². The van der Waals surface area contributed by atoms with Crippen LogP contribution in [0.2, 0.25) is 15.1 Å². The van der Waals surface area contributed by atoms with Gasteiger partial charge in [0.15, 0.2) is 0 Å². The molecule has 36 heavy (non-hydrogen) atoms. The van der Waals surface area contributed by atoms with E-state index in [4.69, 9.17) is 58.0 Å². The Morgan fingerprint density at radius 1 is 1.08 bits per heavy atom. The van der Waals surface area contributed by atoms with Crippen molar-refractivity contribution in [1.82, 2.24) is 5.32 Å². The van der Waals surface area contributed by atoms with Gasteiger partial charge in [-0.1, -0.05) is 41.4 Å².